The predicted molar refractivity (Wildman–Crippen MR) is 147 cm³/mol. The second kappa shape index (κ2) is 8.89. The molecule has 40 heavy (non-hydrogen) atoms. The number of carbonyl (C=O) groups is 4. The number of benzene rings is 3. The Labute approximate surface area is 235 Å². The van der Waals surface area contributed by atoms with Crippen LogP contribution in [-0.4, -0.2) is 28.7 Å². The molecule has 3 aromatic rings. The zero-order chi connectivity index (χ0) is 27.8. The lowest BCUT2D eigenvalue weighted by molar-refractivity contribution is -0.128. The number of phenolic OH excluding ortho intramolecular Hbond substituents is 1. The van der Waals surface area contributed by atoms with E-state index in [2.05, 4.69) is 5.32 Å². The van der Waals surface area contributed by atoms with Gasteiger partial charge in [-0.3, -0.25) is 24.5 Å². The normalized spacial score (nSPS) is 30.9. The van der Waals surface area contributed by atoms with Crippen LogP contribution in [0, 0.1) is 23.7 Å². The zero-order valence-electron chi connectivity index (χ0n) is 21.3. The van der Waals surface area contributed by atoms with E-state index < -0.39 is 35.0 Å². The summed E-state index contributed by atoms with van der Waals surface area (Å²) in [5.74, 6) is -4.17. The average molecular weight is 553 g/mol. The zero-order valence-corrected chi connectivity index (χ0v) is 22.0. The maximum Gasteiger partial charge on any atom is 0.246 e. The van der Waals surface area contributed by atoms with E-state index in [1.54, 1.807) is 48.5 Å². The van der Waals surface area contributed by atoms with Crippen LogP contribution in [0.5, 0.6) is 5.75 Å². The van der Waals surface area contributed by atoms with Gasteiger partial charge in [0.15, 0.2) is 0 Å². The number of imide groups is 2. The Kier molecular flexibility index (Phi) is 5.51. The lowest BCUT2D eigenvalue weighted by Gasteiger charge is -2.50. The van der Waals surface area contributed by atoms with Crippen LogP contribution in [0.4, 0.5) is 5.69 Å². The highest BCUT2D eigenvalue weighted by molar-refractivity contribution is 6.32. The quantitative estimate of drug-likeness (QED) is 0.368. The van der Waals surface area contributed by atoms with Gasteiger partial charge in [0.2, 0.25) is 23.6 Å². The first-order chi connectivity index (χ1) is 19.3. The van der Waals surface area contributed by atoms with Crippen LogP contribution < -0.4 is 10.2 Å². The molecule has 7 rings (SSSR count). The molecule has 200 valence electrons. The highest BCUT2D eigenvalue weighted by atomic mass is 35.5. The summed E-state index contributed by atoms with van der Waals surface area (Å²) >= 11 is 6.29. The van der Waals surface area contributed by atoms with Crippen molar-refractivity contribution in [2.75, 3.05) is 4.90 Å². The van der Waals surface area contributed by atoms with Gasteiger partial charge in [0.05, 0.1) is 28.9 Å². The monoisotopic (exact) mass is 552 g/mol. The first kappa shape index (κ1) is 24.8. The first-order valence-electron chi connectivity index (χ1n) is 13.4. The number of amides is 4. The van der Waals surface area contributed by atoms with E-state index >= 15 is 0 Å². The Morgan fingerprint density at radius 1 is 0.875 bits per heavy atom. The maximum atomic E-state index is 14.9. The fourth-order valence-corrected chi connectivity index (χ4v) is 7.88. The van der Waals surface area contributed by atoms with E-state index in [0.29, 0.717) is 22.7 Å². The van der Waals surface area contributed by atoms with Crippen LogP contribution in [0.1, 0.15) is 29.9 Å². The number of hydrogen-bond acceptors (Lipinski definition) is 5. The van der Waals surface area contributed by atoms with E-state index in [9.17, 15) is 24.3 Å². The first-order valence-corrected chi connectivity index (χ1v) is 13.7. The summed E-state index contributed by atoms with van der Waals surface area (Å²) < 4.78 is 0. The number of allylic oxidation sites excluding steroid dienone is 2. The van der Waals surface area contributed by atoms with Gasteiger partial charge in [0.1, 0.15) is 5.75 Å². The molecule has 0 spiro atoms. The molecule has 7 nitrogen and oxygen atoms in total. The predicted octanol–water partition coefficient (Wildman–Crippen LogP) is 4.50. The lowest BCUT2D eigenvalue weighted by atomic mass is 9.49. The number of anilines is 1. The number of hydrogen-bond donors (Lipinski definition) is 2. The molecule has 4 aliphatic rings. The van der Waals surface area contributed by atoms with Crippen molar-refractivity contribution in [3.05, 3.63) is 107 Å². The summed E-state index contributed by atoms with van der Waals surface area (Å²) in [6.07, 6.45) is 2.62. The van der Waals surface area contributed by atoms with Gasteiger partial charge in [0, 0.05) is 10.9 Å². The van der Waals surface area contributed by atoms with Crippen molar-refractivity contribution in [2.24, 2.45) is 23.7 Å². The molecule has 2 saturated heterocycles. The molecule has 3 fully saturated rings. The van der Waals surface area contributed by atoms with Crippen molar-refractivity contribution in [1.82, 2.24) is 5.32 Å². The highest BCUT2D eigenvalue weighted by Gasteiger charge is 2.69. The van der Waals surface area contributed by atoms with Gasteiger partial charge in [-0.2, -0.15) is 0 Å². The molecule has 0 bridgehead atoms. The van der Waals surface area contributed by atoms with E-state index in [1.807, 2.05) is 36.4 Å². The number of carbonyl (C=O) groups excluding carboxylic acids is 4. The van der Waals surface area contributed by atoms with E-state index in [1.165, 1.54) is 4.90 Å². The van der Waals surface area contributed by atoms with Crippen molar-refractivity contribution in [3.8, 4) is 5.75 Å². The van der Waals surface area contributed by atoms with Crippen LogP contribution in [0.2, 0.25) is 5.02 Å². The number of rotatable bonds is 3. The van der Waals surface area contributed by atoms with Crippen molar-refractivity contribution in [1.29, 1.82) is 0 Å². The molecule has 8 heteroatoms. The summed E-state index contributed by atoms with van der Waals surface area (Å²) in [7, 11) is 0. The second-order valence-corrected chi connectivity index (χ2v) is 11.5. The Bertz CT molecular complexity index is 1620. The van der Waals surface area contributed by atoms with Gasteiger partial charge < -0.3 is 5.11 Å². The average Bonchev–Trinajstić information content (AvgIpc) is 3.37. The minimum Gasteiger partial charge on any atom is -0.508 e. The molecule has 0 radical (unpaired) electrons. The SMILES string of the molecule is O=C1NC(=O)[C@H]2CC=C3[C@@H](C[C@H]4C(=O)N(c5cccc(Cl)c5)C(=O)[C@@]4(c4ccccc4)[C@H]3c3ccc(O)cc3)[C@@H]12. The van der Waals surface area contributed by atoms with Crippen LogP contribution in [0.25, 0.3) is 0 Å². The molecule has 1 saturated carbocycles. The largest absolute Gasteiger partial charge is 0.508 e. The minimum absolute atomic E-state index is 0.0780. The second-order valence-electron chi connectivity index (χ2n) is 11.0. The van der Waals surface area contributed by atoms with E-state index in [0.717, 1.165) is 11.1 Å². The summed E-state index contributed by atoms with van der Waals surface area (Å²) in [5.41, 5.74) is 1.41. The molecule has 2 aliphatic heterocycles. The molecule has 2 heterocycles. The summed E-state index contributed by atoms with van der Waals surface area (Å²) in [6.45, 7) is 0. The smallest absolute Gasteiger partial charge is 0.246 e. The van der Waals surface area contributed by atoms with Crippen molar-refractivity contribution >= 4 is 40.9 Å². The van der Waals surface area contributed by atoms with Crippen molar-refractivity contribution in [2.45, 2.75) is 24.2 Å². The molecule has 2 aliphatic carbocycles. The number of aromatic hydroxyl groups is 1. The molecular weight excluding hydrogens is 528 g/mol. The Morgan fingerprint density at radius 2 is 1.62 bits per heavy atom. The fraction of sp³-hybridized carbons (Fsp3) is 0.250. The number of phenols is 1. The van der Waals surface area contributed by atoms with Crippen LogP contribution in [0.3, 0.4) is 0 Å². The molecule has 0 aromatic heterocycles. The van der Waals surface area contributed by atoms with Gasteiger partial charge in [0.25, 0.3) is 0 Å². The summed E-state index contributed by atoms with van der Waals surface area (Å²) in [6, 6.07) is 22.7. The third kappa shape index (κ3) is 3.30. The van der Waals surface area contributed by atoms with Gasteiger partial charge in [-0.1, -0.05) is 71.8 Å². The van der Waals surface area contributed by atoms with Crippen molar-refractivity contribution < 1.29 is 24.3 Å². The molecule has 3 aromatic carbocycles. The number of fused-ring (bicyclic) bond motifs is 4. The lowest BCUT2D eigenvalue weighted by Crippen LogP contribution is -2.53. The standard InChI is InChI=1S/C32H25ClN2O5/c33-19-7-4-8-20(15-19)35-30(39)25-16-24-22(13-14-23-26(24)29(38)34-28(23)37)27(17-9-11-21(36)12-10-17)32(25,31(35)40)18-5-2-1-3-6-18/h1-13,15,23-27,36H,14,16H2,(H,34,37,38)/t23-,24+,25-,26-,27-,32+/m0/s1. The Morgan fingerprint density at radius 3 is 2.35 bits per heavy atom. The third-order valence-corrected chi connectivity index (χ3v) is 9.47. The molecule has 2 N–H and O–H groups in total. The van der Waals surface area contributed by atoms with Gasteiger partial charge in [-0.15, -0.1) is 0 Å². The van der Waals surface area contributed by atoms with Gasteiger partial charge in [-0.25, -0.2) is 4.90 Å². The van der Waals surface area contributed by atoms with Crippen molar-refractivity contribution in [3.63, 3.8) is 0 Å². The van der Waals surface area contributed by atoms with Gasteiger partial charge in [-0.05, 0) is 60.2 Å². The molecule has 0 unspecified atom stereocenters. The van der Waals surface area contributed by atoms with E-state index in [4.69, 9.17) is 11.6 Å². The Hall–Kier alpha value is -4.23. The number of nitrogens with zero attached hydrogens (tertiary/aromatic N) is 1. The molecule has 4 amide bonds. The van der Waals surface area contributed by atoms with E-state index in [-0.39, 0.29) is 35.8 Å². The molecular formula is C32H25ClN2O5. The summed E-state index contributed by atoms with van der Waals surface area (Å²) in [4.78, 5) is 56.3. The fourth-order valence-electron chi connectivity index (χ4n) is 7.70. The van der Waals surface area contributed by atoms with Gasteiger partial charge >= 0.3 is 0 Å². The van der Waals surface area contributed by atoms with Crippen LogP contribution in [0.15, 0.2) is 90.5 Å². The Balaban J connectivity index is 1.51. The topological polar surface area (TPSA) is 104 Å². The van der Waals surface area contributed by atoms with Crippen LogP contribution >= 0.6 is 11.6 Å². The summed E-state index contributed by atoms with van der Waals surface area (Å²) in [5, 5.41) is 13.0. The number of nitrogens with one attached hydrogen (secondary N) is 1. The third-order valence-electron chi connectivity index (χ3n) is 9.24. The molecule has 6 atom stereocenters. The maximum absolute atomic E-state index is 14.9. The highest BCUT2D eigenvalue weighted by Crippen LogP contribution is 2.64. The number of halogens is 1. The van der Waals surface area contributed by atoms with Crippen LogP contribution in [-0.2, 0) is 24.6 Å². The minimum atomic E-state index is -1.31.